The second-order valence-electron chi connectivity index (χ2n) is 8.70. The van der Waals surface area contributed by atoms with E-state index in [1.165, 1.54) is 7.11 Å². The Morgan fingerprint density at radius 1 is 1.03 bits per heavy atom. The second-order valence-corrected chi connectivity index (χ2v) is 9.55. The van der Waals surface area contributed by atoms with Gasteiger partial charge in [0.1, 0.15) is 0 Å². The van der Waals surface area contributed by atoms with Crippen molar-refractivity contribution in [2.24, 2.45) is 9.98 Å². The van der Waals surface area contributed by atoms with Crippen LogP contribution in [-0.2, 0) is 20.7 Å². The quantitative estimate of drug-likeness (QED) is 0.465. The number of hydrogen-bond acceptors (Lipinski definition) is 6. The van der Waals surface area contributed by atoms with Crippen molar-refractivity contribution >= 4 is 52.3 Å². The lowest BCUT2D eigenvalue weighted by Crippen LogP contribution is -2.46. The summed E-state index contributed by atoms with van der Waals surface area (Å²) in [4.78, 5) is 37.1. The Labute approximate surface area is 224 Å². The molecule has 2 atom stereocenters. The van der Waals surface area contributed by atoms with Crippen LogP contribution >= 0.6 is 23.2 Å². The Kier molecular flexibility index (Phi) is 7.26. The number of amidine groups is 1. The normalized spacial score (nSPS) is 18.2. The van der Waals surface area contributed by atoms with Crippen molar-refractivity contribution in [3.8, 4) is 0 Å². The van der Waals surface area contributed by atoms with Crippen LogP contribution in [0, 0.1) is 0 Å². The number of rotatable bonds is 6. The molecule has 0 saturated carbocycles. The average Bonchev–Trinajstić information content (AvgIpc) is 3.31. The molecule has 1 unspecified atom stereocenters. The number of ether oxygens (including phenoxy) is 1. The zero-order valence-electron chi connectivity index (χ0n) is 20.0. The Morgan fingerprint density at radius 3 is 2.54 bits per heavy atom. The molecule has 1 amide bonds. The first kappa shape index (κ1) is 25.0. The van der Waals surface area contributed by atoms with Gasteiger partial charge in [-0.05, 0) is 30.2 Å². The van der Waals surface area contributed by atoms with Crippen LogP contribution in [0.4, 0.5) is 5.69 Å². The van der Waals surface area contributed by atoms with Crippen LogP contribution in [0.25, 0.3) is 0 Å². The summed E-state index contributed by atoms with van der Waals surface area (Å²) in [6.45, 7) is 0.295. The molecule has 0 spiro atoms. The topological polar surface area (TPSA) is 83.4 Å². The summed E-state index contributed by atoms with van der Waals surface area (Å²) < 4.78 is 4.96. The van der Waals surface area contributed by atoms with Crippen molar-refractivity contribution in [1.29, 1.82) is 0 Å². The van der Waals surface area contributed by atoms with Gasteiger partial charge in [-0.15, -0.1) is 0 Å². The van der Waals surface area contributed by atoms with Crippen LogP contribution in [0.15, 0.2) is 82.8 Å². The Bertz CT molecular complexity index is 1410. The van der Waals surface area contributed by atoms with Crippen molar-refractivity contribution in [3.63, 3.8) is 0 Å². The fraction of sp³-hybridized carbons (Fsp3) is 0.214. The lowest BCUT2D eigenvalue weighted by atomic mass is 10.00. The molecule has 0 fully saturated rings. The number of nitrogens with zero attached hydrogens (tertiary/aromatic N) is 3. The van der Waals surface area contributed by atoms with Crippen molar-refractivity contribution < 1.29 is 14.3 Å². The van der Waals surface area contributed by atoms with E-state index in [4.69, 9.17) is 32.9 Å². The number of aliphatic imine (C=N–C) groups is 2. The maximum Gasteiger partial charge on any atom is 0.332 e. The van der Waals surface area contributed by atoms with Gasteiger partial charge in [-0.3, -0.25) is 14.8 Å². The predicted octanol–water partition coefficient (Wildman–Crippen LogP) is 4.68. The van der Waals surface area contributed by atoms with Gasteiger partial charge >= 0.3 is 5.97 Å². The first-order chi connectivity index (χ1) is 17.9. The van der Waals surface area contributed by atoms with E-state index in [1.807, 2.05) is 65.6 Å². The lowest BCUT2D eigenvalue weighted by molar-refractivity contribution is -0.141. The van der Waals surface area contributed by atoms with Crippen molar-refractivity contribution in [2.45, 2.75) is 25.0 Å². The number of aryl methyl sites for hydroxylation is 1. The molecule has 9 heteroatoms. The van der Waals surface area contributed by atoms with E-state index in [9.17, 15) is 9.59 Å². The Hall–Kier alpha value is -3.68. The summed E-state index contributed by atoms with van der Waals surface area (Å²) in [6, 6.07) is 22.1. The smallest absolute Gasteiger partial charge is 0.332 e. The number of carbonyl (C=O) groups excluding carboxylic acids is 2. The van der Waals surface area contributed by atoms with E-state index < -0.39 is 18.2 Å². The Morgan fingerprint density at radius 2 is 1.78 bits per heavy atom. The molecular formula is C28H24Cl2N4O3. The van der Waals surface area contributed by atoms with Crippen molar-refractivity contribution in [3.05, 3.63) is 99.5 Å². The number of methoxy groups -OCH3 is 1. The number of nitrogens with one attached hydrogen (secondary N) is 1. The fourth-order valence-electron chi connectivity index (χ4n) is 4.53. The van der Waals surface area contributed by atoms with E-state index in [0.717, 1.165) is 28.1 Å². The summed E-state index contributed by atoms with van der Waals surface area (Å²) in [7, 11) is 1.34. The van der Waals surface area contributed by atoms with Gasteiger partial charge in [0.05, 0.1) is 25.1 Å². The highest BCUT2D eigenvalue weighted by molar-refractivity contribution is 6.35. The molecule has 0 aromatic heterocycles. The third-order valence-electron chi connectivity index (χ3n) is 6.33. The van der Waals surface area contributed by atoms with Crippen LogP contribution < -0.4 is 10.2 Å². The van der Waals surface area contributed by atoms with Gasteiger partial charge in [-0.1, -0.05) is 77.8 Å². The van der Waals surface area contributed by atoms with Gasteiger partial charge < -0.3 is 15.0 Å². The van der Waals surface area contributed by atoms with Crippen LogP contribution in [0.2, 0.25) is 10.0 Å². The predicted molar refractivity (Wildman–Crippen MR) is 146 cm³/mol. The molecular weight excluding hydrogens is 511 g/mol. The molecule has 5 rings (SSSR count). The number of para-hydroxylation sites is 1. The number of fused-ring (bicyclic) bond motifs is 3. The molecule has 0 bridgehead atoms. The van der Waals surface area contributed by atoms with Crippen molar-refractivity contribution in [1.82, 2.24) is 5.32 Å². The highest BCUT2D eigenvalue weighted by atomic mass is 35.5. The molecule has 1 N–H and O–H groups in total. The molecule has 0 radical (unpaired) electrons. The van der Waals surface area contributed by atoms with Crippen LogP contribution in [0.5, 0.6) is 0 Å². The molecule has 0 saturated heterocycles. The van der Waals surface area contributed by atoms with Gasteiger partial charge in [-0.25, -0.2) is 4.79 Å². The van der Waals surface area contributed by atoms with Crippen LogP contribution in [0.1, 0.15) is 23.1 Å². The fourth-order valence-corrected chi connectivity index (χ4v) is 5.03. The molecule has 2 aliphatic rings. The SMILES string of the molecule is COC(=O)[C@H]1CN2C(=N1)C(NC(=O)CCc1ccc(Cl)cc1Cl)N=C(c1ccccc1)c1ccccc12. The van der Waals surface area contributed by atoms with Crippen LogP contribution in [-0.4, -0.2) is 49.3 Å². The maximum atomic E-state index is 13.1. The molecule has 0 aliphatic carbocycles. The van der Waals surface area contributed by atoms with Crippen molar-refractivity contribution in [2.75, 3.05) is 18.6 Å². The summed E-state index contributed by atoms with van der Waals surface area (Å²) in [5.41, 5.74) is 4.22. The third kappa shape index (κ3) is 5.24. The van der Waals surface area contributed by atoms with E-state index >= 15 is 0 Å². The van der Waals surface area contributed by atoms with Crippen LogP contribution in [0.3, 0.4) is 0 Å². The summed E-state index contributed by atoms with van der Waals surface area (Å²) >= 11 is 12.3. The highest BCUT2D eigenvalue weighted by Crippen LogP contribution is 2.32. The monoisotopic (exact) mass is 534 g/mol. The maximum absolute atomic E-state index is 13.1. The average molecular weight is 535 g/mol. The zero-order valence-corrected chi connectivity index (χ0v) is 21.5. The molecule has 2 aliphatic heterocycles. The molecule has 7 nitrogen and oxygen atoms in total. The van der Waals surface area contributed by atoms with E-state index in [2.05, 4.69) is 10.3 Å². The van der Waals surface area contributed by atoms with Gasteiger partial charge in [0.25, 0.3) is 0 Å². The molecule has 188 valence electrons. The summed E-state index contributed by atoms with van der Waals surface area (Å²) in [6.07, 6.45) is -0.176. The number of carbonyl (C=O) groups is 2. The number of halogens is 2. The van der Waals surface area contributed by atoms with Gasteiger partial charge in [0.2, 0.25) is 5.91 Å². The van der Waals surface area contributed by atoms with Gasteiger partial charge in [-0.2, -0.15) is 0 Å². The first-order valence-corrected chi connectivity index (χ1v) is 12.6. The highest BCUT2D eigenvalue weighted by Gasteiger charge is 2.39. The minimum Gasteiger partial charge on any atom is -0.467 e. The lowest BCUT2D eigenvalue weighted by Gasteiger charge is -2.24. The molecule has 3 aromatic carbocycles. The minimum atomic E-state index is -0.801. The number of hydrogen-bond donors (Lipinski definition) is 1. The standard InChI is InChI=1S/C28H24Cl2N4O3/c1-37-28(36)22-16-34-23-10-6-5-9-20(23)25(18-7-3-2-4-8-18)33-26(27(34)31-22)32-24(35)14-12-17-11-13-19(29)15-21(17)30/h2-11,13,15,22,26H,12,14,16H2,1H3,(H,32,35)/t22-,26?/m1/s1. The van der Waals surface area contributed by atoms with E-state index in [-0.39, 0.29) is 12.3 Å². The third-order valence-corrected chi connectivity index (χ3v) is 6.91. The summed E-state index contributed by atoms with van der Waals surface area (Å²) in [5, 5.41) is 4.08. The largest absolute Gasteiger partial charge is 0.467 e. The minimum absolute atomic E-state index is 0.189. The number of benzene rings is 3. The molecule has 3 aromatic rings. The van der Waals surface area contributed by atoms with E-state index in [1.54, 1.807) is 12.1 Å². The number of amides is 1. The van der Waals surface area contributed by atoms with Gasteiger partial charge in [0, 0.05) is 27.6 Å². The zero-order chi connectivity index (χ0) is 25.9. The number of esters is 1. The Balaban J connectivity index is 1.50. The first-order valence-electron chi connectivity index (χ1n) is 11.8. The summed E-state index contributed by atoms with van der Waals surface area (Å²) in [5.74, 6) is -0.165. The van der Waals surface area contributed by atoms with Gasteiger partial charge in [0.15, 0.2) is 18.0 Å². The van der Waals surface area contributed by atoms with E-state index in [0.29, 0.717) is 28.8 Å². The second kappa shape index (κ2) is 10.7. The molecule has 2 heterocycles. The molecule has 37 heavy (non-hydrogen) atoms. The number of anilines is 1.